The highest BCUT2D eigenvalue weighted by Crippen LogP contribution is 2.33. The molecule has 2 aromatic carbocycles. The number of ether oxygens (including phenoxy) is 2. The molecule has 1 fully saturated rings. The fourth-order valence-electron chi connectivity index (χ4n) is 3.48. The third-order valence-electron chi connectivity index (χ3n) is 4.97. The largest absolute Gasteiger partial charge is 0.493 e. The molecule has 0 amide bonds. The number of rotatable bonds is 8. The fraction of sp³-hybridized carbons (Fsp3) is 0.348. The maximum atomic E-state index is 6.11. The van der Waals surface area contributed by atoms with Gasteiger partial charge in [-0.2, -0.15) is 0 Å². The number of benzene rings is 2. The van der Waals surface area contributed by atoms with E-state index < -0.39 is 0 Å². The number of hydrogen-bond acceptors (Lipinski definition) is 5. The van der Waals surface area contributed by atoms with Gasteiger partial charge >= 0.3 is 0 Å². The summed E-state index contributed by atoms with van der Waals surface area (Å²) in [6.07, 6.45) is 3.24. The molecule has 28 heavy (non-hydrogen) atoms. The molecule has 146 valence electrons. The Bertz CT molecular complexity index is 857. The van der Waals surface area contributed by atoms with E-state index in [1.54, 1.807) is 0 Å². The highest BCUT2D eigenvalue weighted by atomic mass is 16.5. The molecule has 1 aromatic heterocycles. The van der Waals surface area contributed by atoms with Gasteiger partial charge in [-0.25, -0.2) is 4.98 Å². The van der Waals surface area contributed by atoms with E-state index in [0.29, 0.717) is 6.61 Å². The van der Waals surface area contributed by atoms with Crippen LogP contribution in [0.5, 0.6) is 5.75 Å². The van der Waals surface area contributed by atoms with Gasteiger partial charge in [0.25, 0.3) is 0 Å². The standard InChI is InChI=1S/C23H26N2O3/c1-2-7-19(8-3-1)17-21-23(28-18-24-21)20-9-4-5-10-22(20)27-14-6-11-25-12-15-26-16-13-25/h1-5,7-10,18H,6,11-17H2. The van der Waals surface area contributed by atoms with Crippen LogP contribution in [0.1, 0.15) is 17.7 Å². The molecule has 0 unspecified atom stereocenters. The van der Waals surface area contributed by atoms with E-state index in [-0.39, 0.29) is 0 Å². The van der Waals surface area contributed by atoms with Crippen LogP contribution in [0.3, 0.4) is 0 Å². The van der Waals surface area contributed by atoms with Crippen molar-refractivity contribution in [3.05, 3.63) is 72.2 Å². The Labute approximate surface area is 165 Å². The molecule has 2 heterocycles. The summed E-state index contributed by atoms with van der Waals surface area (Å²) in [5.41, 5.74) is 3.09. The van der Waals surface area contributed by atoms with Gasteiger partial charge in [0.2, 0.25) is 0 Å². The Morgan fingerprint density at radius 2 is 1.75 bits per heavy atom. The van der Waals surface area contributed by atoms with Crippen molar-refractivity contribution >= 4 is 0 Å². The fourth-order valence-corrected chi connectivity index (χ4v) is 3.48. The minimum absolute atomic E-state index is 0.677. The molecule has 5 nitrogen and oxygen atoms in total. The summed E-state index contributed by atoms with van der Waals surface area (Å²) in [6.45, 7) is 5.40. The number of para-hydroxylation sites is 1. The summed E-state index contributed by atoms with van der Waals surface area (Å²) in [6, 6.07) is 18.3. The van der Waals surface area contributed by atoms with Gasteiger partial charge in [-0.3, -0.25) is 4.90 Å². The van der Waals surface area contributed by atoms with Gasteiger partial charge < -0.3 is 13.9 Å². The lowest BCUT2D eigenvalue weighted by Gasteiger charge is -2.26. The Morgan fingerprint density at radius 1 is 0.964 bits per heavy atom. The normalized spacial score (nSPS) is 14.9. The Morgan fingerprint density at radius 3 is 2.61 bits per heavy atom. The molecule has 0 saturated carbocycles. The van der Waals surface area contributed by atoms with Crippen LogP contribution < -0.4 is 4.74 Å². The topological polar surface area (TPSA) is 47.7 Å². The van der Waals surface area contributed by atoms with Crippen molar-refractivity contribution < 1.29 is 13.9 Å². The van der Waals surface area contributed by atoms with Crippen LogP contribution in [0.25, 0.3) is 11.3 Å². The zero-order valence-electron chi connectivity index (χ0n) is 16.0. The molecule has 1 aliphatic heterocycles. The summed E-state index contributed by atoms with van der Waals surface area (Å²) >= 11 is 0. The number of morpholine rings is 1. The van der Waals surface area contributed by atoms with Gasteiger partial charge in [0.1, 0.15) is 5.75 Å². The molecule has 1 aliphatic rings. The molecule has 3 aromatic rings. The molecule has 5 heteroatoms. The van der Waals surface area contributed by atoms with Crippen molar-refractivity contribution in [2.24, 2.45) is 0 Å². The summed E-state index contributed by atoms with van der Waals surface area (Å²) in [5, 5.41) is 0. The smallest absolute Gasteiger partial charge is 0.181 e. The average Bonchev–Trinajstić information content (AvgIpc) is 3.21. The Hall–Kier alpha value is -2.63. The van der Waals surface area contributed by atoms with Gasteiger partial charge in [-0.1, -0.05) is 42.5 Å². The number of hydrogen-bond donors (Lipinski definition) is 0. The monoisotopic (exact) mass is 378 g/mol. The first kappa shape index (κ1) is 18.7. The van der Waals surface area contributed by atoms with E-state index in [1.807, 2.05) is 42.5 Å². The van der Waals surface area contributed by atoms with Crippen LogP contribution in [0.2, 0.25) is 0 Å². The molecule has 0 radical (unpaired) electrons. The Kier molecular flexibility index (Phi) is 6.37. The molecule has 0 atom stereocenters. The maximum absolute atomic E-state index is 6.11. The zero-order valence-corrected chi connectivity index (χ0v) is 16.0. The highest BCUT2D eigenvalue weighted by Gasteiger charge is 2.16. The number of nitrogens with zero attached hydrogens (tertiary/aromatic N) is 2. The van der Waals surface area contributed by atoms with E-state index >= 15 is 0 Å². The SMILES string of the molecule is c1ccc(Cc2ncoc2-c2ccccc2OCCCN2CCOCC2)cc1. The van der Waals surface area contributed by atoms with E-state index in [4.69, 9.17) is 13.9 Å². The predicted octanol–water partition coefficient (Wildman–Crippen LogP) is 4.03. The van der Waals surface area contributed by atoms with Crippen LogP contribution in [-0.4, -0.2) is 49.3 Å². The number of oxazole rings is 1. The maximum Gasteiger partial charge on any atom is 0.181 e. The van der Waals surface area contributed by atoms with Crippen LogP contribution in [0.15, 0.2) is 65.4 Å². The molecular weight excluding hydrogens is 352 g/mol. The Balaban J connectivity index is 1.41. The van der Waals surface area contributed by atoms with E-state index in [1.165, 1.54) is 12.0 Å². The van der Waals surface area contributed by atoms with Crippen molar-refractivity contribution in [1.29, 1.82) is 0 Å². The predicted molar refractivity (Wildman–Crippen MR) is 109 cm³/mol. The van der Waals surface area contributed by atoms with Crippen molar-refractivity contribution in [2.75, 3.05) is 39.5 Å². The highest BCUT2D eigenvalue weighted by molar-refractivity contribution is 5.67. The minimum atomic E-state index is 0.677. The third kappa shape index (κ3) is 4.80. The van der Waals surface area contributed by atoms with Crippen molar-refractivity contribution in [3.63, 3.8) is 0 Å². The molecule has 0 bridgehead atoms. The first-order chi connectivity index (χ1) is 13.9. The van der Waals surface area contributed by atoms with E-state index in [2.05, 4.69) is 22.0 Å². The van der Waals surface area contributed by atoms with Crippen LogP contribution >= 0.6 is 0 Å². The molecular formula is C23H26N2O3. The number of aromatic nitrogens is 1. The first-order valence-corrected chi connectivity index (χ1v) is 9.89. The summed E-state index contributed by atoms with van der Waals surface area (Å²) in [4.78, 5) is 6.87. The van der Waals surface area contributed by atoms with Crippen LogP contribution in [0.4, 0.5) is 0 Å². The second-order valence-corrected chi connectivity index (χ2v) is 6.94. The average molecular weight is 378 g/mol. The van der Waals surface area contributed by atoms with E-state index in [0.717, 1.165) is 68.5 Å². The lowest BCUT2D eigenvalue weighted by atomic mass is 10.0. The van der Waals surface area contributed by atoms with Gasteiger partial charge in [0.15, 0.2) is 12.2 Å². The summed E-state index contributed by atoms with van der Waals surface area (Å²) in [7, 11) is 0. The lowest BCUT2D eigenvalue weighted by Crippen LogP contribution is -2.37. The second-order valence-electron chi connectivity index (χ2n) is 6.94. The van der Waals surface area contributed by atoms with Gasteiger partial charge in [0.05, 0.1) is 31.1 Å². The molecule has 0 N–H and O–H groups in total. The third-order valence-corrected chi connectivity index (χ3v) is 4.97. The quantitative estimate of drug-likeness (QED) is 0.554. The molecule has 4 rings (SSSR count). The minimum Gasteiger partial charge on any atom is -0.493 e. The molecule has 0 spiro atoms. The first-order valence-electron chi connectivity index (χ1n) is 9.89. The van der Waals surface area contributed by atoms with Gasteiger partial charge in [0, 0.05) is 26.1 Å². The van der Waals surface area contributed by atoms with Crippen molar-refractivity contribution in [2.45, 2.75) is 12.8 Å². The van der Waals surface area contributed by atoms with Gasteiger partial charge in [-0.05, 0) is 24.1 Å². The van der Waals surface area contributed by atoms with Crippen LogP contribution in [-0.2, 0) is 11.2 Å². The molecule has 1 saturated heterocycles. The molecule has 0 aliphatic carbocycles. The lowest BCUT2D eigenvalue weighted by molar-refractivity contribution is 0.0358. The van der Waals surface area contributed by atoms with Crippen molar-refractivity contribution in [1.82, 2.24) is 9.88 Å². The van der Waals surface area contributed by atoms with Crippen LogP contribution in [0, 0.1) is 0 Å². The summed E-state index contributed by atoms with van der Waals surface area (Å²) < 4.78 is 17.3. The zero-order chi connectivity index (χ0) is 19.0. The second kappa shape index (κ2) is 9.53. The summed E-state index contributed by atoms with van der Waals surface area (Å²) in [5.74, 6) is 1.63. The van der Waals surface area contributed by atoms with E-state index in [9.17, 15) is 0 Å². The van der Waals surface area contributed by atoms with Crippen molar-refractivity contribution in [3.8, 4) is 17.1 Å². The van der Waals surface area contributed by atoms with Gasteiger partial charge in [-0.15, -0.1) is 0 Å².